The number of halogens is 1. The molecule has 1 aromatic heterocycles. The third-order valence-electron chi connectivity index (χ3n) is 5.11. The molecule has 0 aliphatic carbocycles. The van der Waals surface area contributed by atoms with Crippen molar-refractivity contribution < 1.29 is 4.74 Å². The maximum absolute atomic E-state index is 5.15. The summed E-state index contributed by atoms with van der Waals surface area (Å²) in [7, 11) is 3.60. The van der Waals surface area contributed by atoms with Crippen LogP contribution in [0.25, 0.3) is 5.69 Å². The molecule has 1 saturated heterocycles. The van der Waals surface area contributed by atoms with Crippen LogP contribution in [0.1, 0.15) is 24.8 Å². The Labute approximate surface area is 190 Å². The Morgan fingerprint density at radius 2 is 2.10 bits per heavy atom. The van der Waals surface area contributed by atoms with E-state index in [-0.39, 0.29) is 24.0 Å². The van der Waals surface area contributed by atoms with E-state index in [1.165, 1.54) is 5.56 Å². The molecule has 0 unspecified atom stereocenters. The van der Waals surface area contributed by atoms with Gasteiger partial charge in [0.2, 0.25) is 0 Å². The van der Waals surface area contributed by atoms with E-state index < -0.39 is 0 Å². The van der Waals surface area contributed by atoms with E-state index >= 15 is 0 Å². The number of piperidine rings is 1. The van der Waals surface area contributed by atoms with Crippen LogP contribution < -0.4 is 10.6 Å². The lowest BCUT2D eigenvalue weighted by molar-refractivity contribution is 0.155. The molecule has 0 amide bonds. The van der Waals surface area contributed by atoms with Gasteiger partial charge in [-0.3, -0.25) is 4.99 Å². The first-order valence-electron chi connectivity index (χ1n) is 10.1. The maximum Gasteiger partial charge on any atom is 0.191 e. The lowest BCUT2D eigenvalue weighted by Crippen LogP contribution is -2.48. The number of aromatic nitrogens is 2. The molecule has 2 heterocycles. The number of guanidine groups is 1. The quantitative estimate of drug-likeness (QED) is 0.247. The number of methoxy groups -OCH3 is 1. The standard InChI is InChI=1S/C21H32N6O.HI/c1-22-21(25-19-8-13-26(14-9-19)11-5-15-28-2)23-17-18-6-3-7-20(16-18)27-12-4-10-24-27;/h3-4,6-7,10,12,16,19H,5,8-9,11,13-15,17H2,1-2H3,(H2,22,23,25);1H. The summed E-state index contributed by atoms with van der Waals surface area (Å²) in [6.07, 6.45) is 7.13. The van der Waals surface area contributed by atoms with Crippen LogP contribution in [0, 0.1) is 0 Å². The Balaban J connectivity index is 0.00000300. The minimum absolute atomic E-state index is 0. The SMILES string of the molecule is CN=C(NCc1cccc(-n2cccn2)c1)NC1CCN(CCCOC)CC1.I. The zero-order chi connectivity index (χ0) is 19.6. The van der Waals surface area contributed by atoms with Crippen molar-refractivity contribution in [2.24, 2.45) is 4.99 Å². The van der Waals surface area contributed by atoms with E-state index in [2.05, 4.69) is 49.9 Å². The van der Waals surface area contributed by atoms with Crippen LogP contribution in [0.2, 0.25) is 0 Å². The molecule has 0 spiro atoms. The molecule has 3 rings (SSSR count). The van der Waals surface area contributed by atoms with Crippen LogP contribution in [0.3, 0.4) is 0 Å². The van der Waals surface area contributed by atoms with Crippen molar-refractivity contribution in [3.05, 3.63) is 48.3 Å². The number of rotatable bonds is 8. The summed E-state index contributed by atoms with van der Waals surface area (Å²) in [5, 5.41) is 11.3. The van der Waals surface area contributed by atoms with E-state index in [4.69, 9.17) is 4.74 Å². The molecule has 1 aliphatic heterocycles. The van der Waals surface area contributed by atoms with Crippen molar-refractivity contribution in [2.45, 2.75) is 31.8 Å². The van der Waals surface area contributed by atoms with Gasteiger partial charge in [-0.25, -0.2) is 4.68 Å². The zero-order valence-corrected chi connectivity index (χ0v) is 19.7. The van der Waals surface area contributed by atoms with Gasteiger partial charge < -0.3 is 20.3 Å². The summed E-state index contributed by atoms with van der Waals surface area (Å²) in [5.74, 6) is 0.863. The maximum atomic E-state index is 5.15. The highest BCUT2D eigenvalue weighted by molar-refractivity contribution is 14.0. The molecule has 0 radical (unpaired) electrons. The first-order chi connectivity index (χ1) is 13.8. The molecule has 2 N–H and O–H groups in total. The number of hydrogen-bond donors (Lipinski definition) is 2. The number of benzene rings is 1. The number of aliphatic imine (C=N–C) groups is 1. The summed E-state index contributed by atoms with van der Waals surface area (Å²) in [6.45, 7) is 4.95. The minimum atomic E-state index is 0. The first kappa shape index (κ1) is 23.6. The Morgan fingerprint density at radius 3 is 2.79 bits per heavy atom. The summed E-state index contributed by atoms with van der Waals surface area (Å²) in [6, 6.07) is 10.8. The zero-order valence-electron chi connectivity index (χ0n) is 17.4. The monoisotopic (exact) mass is 512 g/mol. The number of nitrogens with zero attached hydrogens (tertiary/aromatic N) is 4. The van der Waals surface area contributed by atoms with Crippen LogP contribution in [0.5, 0.6) is 0 Å². The van der Waals surface area contributed by atoms with Gasteiger partial charge in [-0.1, -0.05) is 12.1 Å². The van der Waals surface area contributed by atoms with E-state index in [1.54, 1.807) is 13.3 Å². The van der Waals surface area contributed by atoms with Gasteiger partial charge in [0.25, 0.3) is 0 Å². The molecule has 1 aliphatic rings. The fourth-order valence-corrected chi connectivity index (χ4v) is 3.54. The van der Waals surface area contributed by atoms with Crippen LogP contribution in [-0.2, 0) is 11.3 Å². The Kier molecular flexibility index (Phi) is 10.4. The van der Waals surface area contributed by atoms with Gasteiger partial charge in [-0.2, -0.15) is 5.10 Å². The predicted octanol–water partition coefficient (Wildman–Crippen LogP) is 2.66. The topological polar surface area (TPSA) is 66.7 Å². The third-order valence-corrected chi connectivity index (χ3v) is 5.11. The highest BCUT2D eigenvalue weighted by atomic mass is 127. The molecule has 1 fully saturated rings. The van der Waals surface area contributed by atoms with Gasteiger partial charge in [-0.15, -0.1) is 24.0 Å². The van der Waals surface area contributed by atoms with E-state index in [0.717, 1.165) is 63.7 Å². The molecule has 2 aromatic rings. The second kappa shape index (κ2) is 12.8. The van der Waals surface area contributed by atoms with Crippen molar-refractivity contribution in [3.8, 4) is 5.69 Å². The molecule has 0 saturated carbocycles. The van der Waals surface area contributed by atoms with Crippen LogP contribution in [0.15, 0.2) is 47.7 Å². The van der Waals surface area contributed by atoms with Gasteiger partial charge in [0.1, 0.15) is 0 Å². The van der Waals surface area contributed by atoms with Crippen molar-refractivity contribution in [3.63, 3.8) is 0 Å². The molecule has 160 valence electrons. The van der Waals surface area contributed by atoms with Crippen molar-refractivity contribution >= 4 is 29.9 Å². The molecule has 8 heteroatoms. The number of hydrogen-bond acceptors (Lipinski definition) is 4. The summed E-state index contributed by atoms with van der Waals surface area (Å²) < 4.78 is 7.02. The molecular weight excluding hydrogens is 479 g/mol. The van der Waals surface area contributed by atoms with Gasteiger partial charge in [0.05, 0.1) is 5.69 Å². The molecule has 29 heavy (non-hydrogen) atoms. The largest absolute Gasteiger partial charge is 0.385 e. The van der Waals surface area contributed by atoms with Gasteiger partial charge in [-0.05, 0) is 43.0 Å². The Hall–Kier alpha value is -1.65. The summed E-state index contributed by atoms with van der Waals surface area (Å²) in [5.41, 5.74) is 2.26. The second-order valence-corrected chi connectivity index (χ2v) is 7.15. The van der Waals surface area contributed by atoms with Crippen molar-refractivity contribution in [1.82, 2.24) is 25.3 Å². The molecular formula is C21H33IN6O. The fraction of sp³-hybridized carbons (Fsp3) is 0.524. The molecule has 0 bridgehead atoms. The summed E-state index contributed by atoms with van der Waals surface area (Å²) >= 11 is 0. The van der Waals surface area contributed by atoms with Gasteiger partial charge >= 0.3 is 0 Å². The lowest BCUT2D eigenvalue weighted by atomic mass is 10.1. The Bertz CT molecular complexity index is 729. The van der Waals surface area contributed by atoms with Crippen molar-refractivity contribution in [1.29, 1.82) is 0 Å². The van der Waals surface area contributed by atoms with E-state index in [1.807, 2.05) is 24.0 Å². The molecule has 0 atom stereocenters. The molecule has 7 nitrogen and oxygen atoms in total. The normalized spacial score (nSPS) is 15.7. The highest BCUT2D eigenvalue weighted by Gasteiger charge is 2.19. The Morgan fingerprint density at radius 1 is 1.28 bits per heavy atom. The third kappa shape index (κ3) is 7.60. The first-order valence-corrected chi connectivity index (χ1v) is 10.1. The van der Waals surface area contributed by atoms with Gasteiger partial charge in [0, 0.05) is 65.4 Å². The second-order valence-electron chi connectivity index (χ2n) is 7.15. The van der Waals surface area contributed by atoms with Crippen LogP contribution >= 0.6 is 24.0 Å². The number of nitrogens with one attached hydrogen (secondary N) is 2. The highest BCUT2D eigenvalue weighted by Crippen LogP contribution is 2.11. The van der Waals surface area contributed by atoms with Gasteiger partial charge in [0.15, 0.2) is 5.96 Å². The smallest absolute Gasteiger partial charge is 0.191 e. The number of ether oxygens (including phenoxy) is 1. The van der Waals surface area contributed by atoms with Crippen LogP contribution in [0.4, 0.5) is 0 Å². The van der Waals surface area contributed by atoms with E-state index in [0.29, 0.717) is 6.04 Å². The molecule has 1 aromatic carbocycles. The lowest BCUT2D eigenvalue weighted by Gasteiger charge is -2.33. The van der Waals surface area contributed by atoms with Crippen LogP contribution in [-0.4, -0.2) is 67.1 Å². The van der Waals surface area contributed by atoms with E-state index in [9.17, 15) is 0 Å². The minimum Gasteiger partial charge on any atom is -0.385 e. The average Bonchev–Trinajstić information content (AvgIpc) is 3.28. The number of likely N-dealkylation sites (tertiary alicyclic amines) is 1. The fourth-order valence-electron chi connectivity index (χ4n) is 3.54. The van der Waals surface area contributed by atoms with Crippen molar-refractivity contribution in [2.75, 3.05) is 40.4 Å². The average molecular weight is 512 g/mol. The summed E-state index contributed by atoms with van der Waals surface area (Å²) in [4.78, 5) is 6.92. The predicted molar refractivity (Wildman–Crippen MR) is 128 cm³/mol.